The Labute approximate surface area is 129 Å². The van der Waals surface area contributed by atoms with Crippen LogP contribution in [0.25, 0.3) is 5.69 Å². The van der Waals surface area contributed by atoms with Crippen molar-refractivity contribution in [2.75, 3.05) is 5.32 Å². The number of para-hydroxylation sites is 1. The third kappa shape index (κ3) is 3.28. The lowest BCUT2D eigenvalue weighted by molar-refractivity contribution is 0.621. The molecule has 0 saturated carbocycles. The smallest absolute Gasteiger partial charge is 0.139 e. The molecule has 0 bridgehead atoms. The van der Waals surface area contributed by atoms with E-state index in [1.807, 2.05) is 30.3 Å². The van der Waals surface area contributed by atoms with E-state index in [-0.39, 0.29) is 5.82 Å². The molecule has 2 aromatic carbocycles. The molecule has 6 heteroatoms. The van der Waals surface area contributed by atoms with Crippen molar-refractivity contribution in [3.05, 3.63) is 70.7 Å². The average molecular weight is 347 g/mol. The first kappa shape index (κ1) is 13.8. The van der Waals surface area contributed by atoms with E-state index in [0.717, 1.165) is 11.4 Å². The lowest BCUT2D eigenvalue weighted by Gasteiger charge is -2.04. The second-order valence-corrected chi connectivity index (χ2v) is 5.30. The van der Waals surface area contributed by atoms with Crippen molar-refractivity contribution in [1.82, 2.24) is 15.0 Å². The Balaban J connectivity index is 1.69. The van der Waals surface area contributed by atoms with Crippen molar-refractivity contribution in [1.29, 1.82) is 0 Å². The van der Waals surface area contributed by atoms with Crippen molar-refractivity contribution in [2.45, 2.75) is 6.54 Å². The van der Waals surface area contributed by atoms with Gasteiger partial charge in [-0.3, -0.25) is 0 Å². The van der Waals surface area contributed by atoms with Crippen LogP contribution in [0, 0.1) is 5.82 Å². The van der Waals surface area contributed by atoms with E-state index < -0.39 is 0 Å². The number of anilines is 1. The number of nitrogens with one attached hydrogen (secondary N) is 1. The Morgan fingerprint density at radius 2 is 1.95 bits per heavy atom. The minimum absolute atomic E-state index is 0.298. The normalized spacial score (nSPS) is 10.6. The van der Waals surface area contributed by atoms with Crippen molar-refractivity contribution < 1.29 is 4.39 Å². The van der Waals surface area contributed by atoms with Crippen LogP contribution in [-0.4, -0.2) is 15.0 Å². The molecule has 0 aliphatic heterocycles. The first-order chi connectivity index (χ1) is 10.2. The predicted octanol–water partition coefficient (Wildman–Crippen LogP) is 3.78. The monoisotopic (exact) mass is 346 g/mol. The summed E-state index contributed by atoms with van der Waals surface area (Å²) in [6, 6.07) is 14.6. The van der Waals surface area contributed by atoms with E-state index in [1.165, 1.54) is 6.07 Å². The van der Waals surface area contributed by atoms with Crippen LogP contribution in [0.15, 0.2) is 59.2 Å². The van der Waals surface area contributed by atoms with Gasteiger partial charge in [0.05, 0.1) is 22.9 Å². The highest BCUT2D eigenvalue weighted by atomic mass is 79.9. The quantitative estimate of drug-likeness (QED) is 0.781. The van der Waals surface area contributed by atoms with Gasteiger partial charge in [0.1, 0.15) is 11.5 Å². The molecule has 0 saturated heterocycles. The molecule has 0 aliphatic carbocycles. The van der Waals surface area contributed by atoms with Crippen LogP contribution in [0.4, 0.5) is 10.1 Å². The number of halogens is 2. The lowest BCUT2D eigenvalue weighted by Crippen LogP contribution is -2.03. The number of benzene rings is 2. The fraction of sp³-hybridized carbons (Fsp3) is 0.0667. The van der Waals surface area contributed by atoms with Crippen LogP contribution in [0.2, 0.25) is 0 Å². The van der Waals surface area contributed by atoms with Crippen LogP contribution < -0.4 is 5.32 Å². The summed E-state index contributed by atoms with van der Waals surface area (Å²) in [5, 5.41) is 11.7. The first-order valence-electron chi connectivity index (χ1n) is 6.38. The number of nitrogens with zero attached hydrogens (tertiary/aromatic N) is 3. The zero-order valence-electron chi connectivity index (χ0n) is 11.0. The van der Waals surface area contributed by atoms with Gasteiger partial charge in [0.25, 0.3) is 0 Å². The maximum Gasteiger partial charge on any atom is 0.139 e. The van der Waals surface area contributed by atoms with Gasteiger partial charge in [-0.2, -0.15) is 15.0 Å². The van der Waals surface area contributed by atoms with Crippen molar-refractivity contribution >= 4 is 21.6 Å². The predicted molar refractivity (Wildman–Crippen MR) is 82.8 cm³/mol. The molecule has 21 heavy (non-hydrogen) atoms. The minimum atomic E-state index is -0.298. The van der Waals surface area contributed by atoms with Crippen molar-refractivity contribution in [3.63, 3.8) is 0 Å². The minimum Gasteiger partial charge on any atom is -0.379 e. The third-order valence-corrected chi connectivity index (χ3v) is 3.56. The molecule has 3 aromatic rings. The topological polar surface area (TPSA) is 42.7 Å². The summed E-state index contributed by atoms with van der Waals surface area (Å²) in [6.07, 6.45) is 1.69. The molecule has 0 radical (unpaired) electrons. The summed E-state index contributed by atoms with van der Waals surface area (Å²) in [6.45, 7) is 0.480. The van der Waals surface area contributed by atoms with Gasteiger partial charge in [0.2, 0.25) is 0 Å². The molecule has 0 atom stereocenters. The van der Waals surface area contributed by atoms with Crippen LogP contribution in [0.1, 0.15) is 5.69 Å². The van der Waals surface area contributed by atoms with E-state index in [0.29, 0.717) is 16.7 Å². The number of hydrogen-bond acceptors (Lipinski definition) is 3. The van der Waals surface area contributed by atoms with Crippen molar-refractivity contribution in [3.8, 4) is 5.69 Å². The highest BCUT2D eigenvalue weighted by Gasteiger charge is 2.04. The molecule has 1 heterocycles. The summed E-state index contributed by atoms with van der Waals surface area (Å²) in [7, 11) is 0. The molecule has 0 unspecified atom stereocenters. The molecule has 1 aromatic heterocycles. The summed E-state index contributed by atoms with van der Waals surface area (Å²) < 4.78 is 13.9. The molecule has 0 amide bonds. The molecule has 4 nitrogen and oxygen atoms in total. The largest absolute Gasteiger partial charge is 0.379 e. The van der Waals surface area contributed by atoms with Gasteiger partial charge < -0.3 is 5.32 Å². The van der Waals surface area contributed by atoms with Gasteiger partial charge in [-0.25, -0.2) is 4.39 Å². The van der Waals surface area contributed by atoms with Gasteiger partial charge in [-0.05, 0) is 46.3 Å². The Hall–Kier alpha value is -2.21. The molecule has 3 rings (SSSR count). The summed E-state index contributed by atoms with van der Waals surface area (Å²) >= 11 is 3.13. The van der Waals surface area contributed by atoms with Gasteiger partial charge in [0.15, 0.2) is 0 Å². The Morgan fingerprint density at radius 1 is 1.14 bits per heavy atom. The van der Waals surface area contributed by atoms with E-state index in [9.17, 15) is 4.39 Å². The first-order valence-corrected chi connectivity index (χ1v) is 7.17. The van der Waals surface area contributed by atoms with E-state index in [4.69, 9.17) is 0 Å². The fourth-order valence-electron chi connectivity index (χ4n) is 1.86. The highest BCUT2D eigenvalue weighted by Crippen LogP contribution is 2.19. The second kappa shape index (κ2) is 6.05. The van der Waals surface area contributed by atoms with Crippen LogP contribution in [0.3, 0.4) is 0 Å². The second-order valence-electron chi connectivity index (χ2n) is 4.44. The summed E-state index contributed by atoms with van der Waals surface area (Å²) in [4.78, 5) is 1.57. The molecular formula is C15H12BrFN4. The van der Waals surface area contributed by atoms with E-state index in [2.05, 4.69) is 31.4 Å². The highest BCUT2D eigenvalue weighted by molar-refractivity contribution is 9.10. The summed E-state index contributed by atoms with van der Waals surface area (Å²) in [5.41, 5.74) is 2.38. The van der Waals surface area contributed by atoms with E-state index >= 15 is 0 Å². The van der Waals surface area contributed by atoms with Gasteiger partial charge in [-0.15, -0.1) is 0 Å². The molecule has 1 N–H and O–H groups in total. The zero-order chi connectivity index (χ0) is 14.7. The molecular weight excluding hydrogens is 335 g/mol. The third-order valence-electron chi connectivity index (χ3n) is 2.92. The van der Waals surface area contributed by atoms with Gasteiger partial charge >= 0.3 is 0 Å². The SMILES string of the molecule is Fc1cc(NCc2cnn(-c3ccccc3)n2)ccc1Br. The molecule has 0 spiro atoms. The van der Waals surface area contributed by atoms with Crippen LogP contribution in [-0.2, 0) is 6.54 Å². The van der Waals surface area contributed by atoms with Crippen LogP contribution in [0.5, 0.6) is 0 Å². The zero-order valence-corrected chi connectivity index (χ0v) is 12.6. The summed E-state index contributed by atoms with van der Waals surface area (Å²) in [5.74, 6) is -0.298. The Bertz CT molecular complexity index is 742. The molecule has 0 fully saturated rings. The maximum absolute atomic E-state index is 13.4. The Kier molecular flexibility index (Phi) is 3.96. The fourth-order valence-corrected chi connectivity index (χ4v) is 2.11. The lowest BCUT2D eigenvalue weighted by atomic mass is 10.3. The van der Waals surface area contributed by atoms with Crippen LogP contribution >= 0.6 is 15.9 Å². The molecule has 106 valence electrons. The maximum atomic E-state index is 13.4. The number of hydrogen-bond donors (Lipinski definition) is 1. The number of aromatic nitrogens is 3. The van der Waals surface area contributed by atoms with Gasteiger partial charge in [-0.1, -0.05) is 18.2 Å². The van der Waals surface area contributed by atoms with Crippen molar-refractivity contribution in [2.24, 2.45) is 0 Å². The van der Waals surface area contributed by atoms with E-state index in [1.54, 1.807) is 23.1 Å². The number of rotatable bonds is 4. The van der Waals surface area contributed by atoms with Gasteiger partial charge in [0, 0.05) is 5.69 Å². The standard InChI is InChI=1S/C15H12BrFN4/c16-14-7-6-11(8-15(14)17)18-9-12-10-19-21(20-12)13-4-2-1-3-5-13/h1-8,10,18H,9H2. The average Bonchev–Trinajstić information content (AvgIpc) is 2.98. The Morgan fingerprint density at radius 3 is 2.71 bits per heavy atom. The molecule has 0 aliphatic rings.